The van der Waals surface area contributed by atoms with Crippen LogP contribution in [0.25, 0.3) is 0 Å². The molecular formula is C13H19N3O4S. The van der Waals surface area contributed by atoms with Crippen molar-refractivity contribution in [1.82, 2.24) is 4.31 Å². The van der Waals surface area contributed by atoms with Gasteiger partial charge in [0.15, 0.2) is 0 Å². The molecule has 0 saturated heterocycles. The molecule has 0 amide bonds. The summed E-state index contributed by atoms with van der Waals surface area (Å²) >= 11 is 0. The lowest BCUT2D eigenvalue weighted by Gasteiger charge is -2.21. The molecule has 21 heavy (non-hydrogen) atoms. The van der Waals surface area contributed by atoms with Gasteiger partial charge in [0.05, 0.1) is 9.82 Å². The Morgan fingerprint density at radius 3 is 2.62 bits per heavy atom. The van der Waals surface area contributed by atoms with Gasteiger partial charge in [-0.25, -0.2) is 8.42 Å². The Balaban J connectivity index is 2.36. The molecule has 0 radical (unpaired) electrons. The SMILES string of the molecule is CCCN(CC1CC1)S(=O)(=O)c1ccc(N)c([N+](=O)[O-])c1. The third-order valence-corrected chi connectivity index (χ3v) is 5.33. The summed E-state index contributed by atoms with van der Waals surface area (Å²) in [7, 11) is -3.72. The molecule has 0 aliphatic heterocycles. The topological polar surface area (TPSA) is 107 Å². The standard InChI is InChI=1S/C13H19N3O4S/c1-2-7-15(9-10-3-4-10)21(19,20)11-5-6-12(14)13(8-11)16(17)18/h5-6,8,10H,2-4,7,9,14H2,1H3. The van der Waals surface area contributed by atoms with Crippen LogP contribution in [0.15, 0.2) is 23.1 Å². The number of nitrogen functional groups attached to an aromatic ring is 1. The van der Waals surface area contributed by atoms with Crippen LogP contribution in [-0.4, -0.2) is 30.7 Å². The summed E-state index contributed by atoms with van der Waals surface area (Å²) in [5.74, 6) is 0.412. The van der Waals surface area contributed by atoms with E-state index in [1.807, 2.05) is 6.92 Å². The lowest BCUT2D eigenvalue weighted by Crippen LogP contribution is -2.33. The van der Waals surface area contributed by atoms with E-state index in [9.17, 15) is 18.5 Å². The molecule has 0 bridgehead atoms. The number of anilines is 1. The smallest absolute Gasteiger partial charge is 0.293 e. The lowest BCUT2D eigenvalue weighted by molar-refractivity contribution is -0.384. The zero-order valence-electron chi connectivity index (χ0n) is 11.9. The van der Waals surface area contributed by atoms with Crippen molar-refractivity contribution >= 4 is 21.4 Å². The van der Waals surface area contributed by atoms with E-state index in [2.05, 4.69) is 0 Å². The molecule has 8 heteroatoms. The van der Waals surface area contributed by atoms with E-state index in [-0.39, 0.29) is 16.3 Å². The number of benzene rings is 1. The maximum Gasteiger partial charge on any atom is 0.293 e. The molecule has 2 rings (SSSR count). The summed E-state index contributed by atoms with van der Waals surface area (Å²) in [6.07, 6.45) is 2.78. The average Bonchev–Trinajstić information content (AvgIpc) is 3.22. The van der Waals surface area contributed by atoms with Crippen LogP contribution in [0.4, 0.5) is 11.4 Å². The van der Waals surface area contributed by atoms with Gasteiger partial charge in [0.1, 0.15) is 5.69 Å². The van der Waals surface area contributed by atoms with Crippen molar-refractivity contribution < 1.29 is 13.3 Å². The first-order chi connectivity index (χ1) is 9.86. The van der Waals surface area contributed by atoms with Crippen molar-refractivity contribution in [3.8, 4) is 0 Å². The zero-order chi connectivity index (χ0) is 15.6. The van der Waals surface area contributed by atoms with Crippen LogP contribution in [0.5, 0.6) is 0 Å². The summed E-state index contributed by atoms with van der Waals surface area (Å²) in [5, 5.41) is 10.9. The van der Waals surface area contributed by atoms with Gasteiger partial charge < -0.3 is 5.73 Å². The fourth-order valence-electron chi connectivity index (χ4n) is 2.14. The number of hydrogen-bond acceptors (Lipinski definition) is 5. The van der Waals surface area contributed by atoms with E-state index in [0.717, 1.165) is 18.9 Å². The first kappa shape index (κ1) is 15.7. The molecule has 1 aliphatic rings. The minimum atomic E-state index is -3.72. The lowest BCUT2D eigenvalue weighted by atomic mass is 10.3. The van der Waals surface area contributed by atoms with Crippen molar-refractivity contribution in [2.45, 2.75) is 31.1 Å². The normalized spacial score (nSPS) is 15.3. The zero-order valence-corrected chi connectivity index (χ0v) is 12.7. The van der Waals surface area contributed by atoms with Gasteiger partial charge >= 0.3 is 0 Å². The summed E-state index contributed by atoms with van der Waals surface area (Å²) < 4.78 is 26.7. The van der Waals surface area contributed by atoms with Crippen molar-refractivity contribution in [3.63, 3.8) is 0 Å². The molecule has 0 heterocycles. The number of nitrogens with two attached hydrogens (primary N) is 1. The molecule has 1 fully saturated rings. The Kier molecular flexibility index (Phi) is 4.48. The van der Waals surface area contributed by atoms with E-state index in [1.54, 1.807) is 0 Å². The molecule has 0 aromatic heterocycles. The van der Waals surface area contributed by atoms with E-state index < -0.39 is 14.9 Å². The molecule has 2 N–H and O–H groups in total. The van der Waals surface area contributed by atoms with Gasteiger partial charge in [0.2, 0.25) is 10.0 Å². The Hall–Kier alpha value is -1.67. The van der Waals surface area contributed by atoms with E-state index in [1.165, 1.54) is 16.4 Å². The van der Waals surface area contributed by atoms with E-state index in [0.29, 0.717) is 25.4 Å². The molecule has 1 aromatic carbocycles. The van der Waals surface area contributed by atoms with Gasteiger partial charge in [-0.15, -0.1) is 0 Å². The van der Waals surface area contributed by atoms with Crippen molar-refractivity contribution in [3.05, 3.63) is 28.3 Å². The summed E-state index contributed by atoms with van der Waals surface area (Å²) in [4.78, 5) is 10.2. The summed E-state index contributed by atoms with van der Waals surface area (Å²) in [5.41, 5.74) is 5.09. The highest BCUT2D eigenvalue weighted by molar-refractivity contribution is 7.89. The summed E-state index contributed by atoms with van der Waals surface area (Å²) in [6, 6.07) is 3.64. The number of nitro benzene ring substituents is 1. The average molecular weight is 313 g/mol. The number of nitro groups is 1. The maximum atomic E-state index is 12.6. The Morgan fingerprint density at radius 1 is 1.43 bits per heavy atom. The van der Waals surface area contributed by atoms with Crippen LogP contribution in [-0.2, 0) is 10.0 Å². The highest BCUT2D eigenvalue weighted by Crippen LogP contribution is 2.33. The highest BCUT2D eigenvalue weighted by Gasteiger charge is 2.32. The number of nitrogens with zero attached hydrogens (tertiary/aromatic N) is 2. The predicted molar refractivity (Wildman–Crippen MR) is 79.3 cm³/mol. The largest absolute Gasteiger partial charge is 0.393 e. The third-order valence-electron chi connectivity index (χ3n) is 3.47. The summed E-state index contributed by atoms with van der Waals surface area (Å²) in [6.45, 7) is 2.80. The minimum absolute atomic E-state index is 0.0387. The Morgan fingerprint density at radius 2 is 2.10 bits per heavy atom. The number of hydrogen-bond donors (Lipinski definition) is 1. The van der Waals surface area contributed by atoms with E-state index >= 15 is 0 Å². The fourth-order valence-corrected chi connectivity index (χ4v) is 3.77. The van der Waals surface area contributed by atoms with Gasteiger partial charge in [-0.05, 0) is 37.3 Å². The van der Waals surface area contributed by atoms with Crippen molar-refractivity contribution in [2.24, 2.45) is 5.92 Å². The van der Waals surface area contributed by atoms with Crippen LogP contribution in [0.1, 0.15) is 26.2 Å². The van der Waals surface area contributed by atoms with Crippen LogP contribution >= 0.6 is 0 Å². The molecule has 1 aliphatic carbocycles. The van der Waals surface area contributed by atoms with Gasteiger partial charge in [-0.1, -0.05) is 6.92 Å². The molecular weight excluding hydrogens is 294 g/mol. The molecule has 1 aromatic rings. The Bertz CT molecular complexity index is 641. The van der Waals surface area contributed by atoms with Gasteiger partial charge in [-0.3, -0.25) is 10.1 Å². The highest BCUT2D eigenvalue weighted by atomic mass is 32.2. The Labute approximate surface area is 123 Å². The number of rotatable bonds is 7. The second kappa shape index (κ2) is 5.98. The molecule has 7 nitrogen and oxygen atoms in total. The molecule has 116 valence electrons. The molecule has 0 spiro atoms. The van der Waals surface area contributed by atoms with Crippen LogP contribution in [0.2, 0.25) is 0 Å². The predicted octanol–water partition coefficient (Wildman–Crippen LogP) is 1.99. The van der Waals surface area contributed by atoms with Gasteiger partial charge in [0.25, 0.3) is 5.69 Å². The quantitative estimate of drug-likeness (QED) is 0.470. The van der Waals surface area contributed by atoms with Crippen LogP contribution < -0.4 is 5.73 Å². The van der Waals surface area contributed by atoms with Gasteiger partial charge in [0, 0.05) is 19.2 Å². The monoisotopic (exact) mass is 313 g/mol. The van der Waals surface area contributed by atoms with E-state index in [4.69, 9.17) is 5.73 Å². The molecule has 0 unspecified atom stereocenters. The van der Waals surface area contributed by atoms with Crippen LogP contribution in [0.3, 0.4) is 0 Å². The molecule has 0 atom stereocenters. The first-order valence-electron chi connectivity index (χ1n) is 6.90. The fraction of sp³-hybridized carbons (Fsp3) is 0.538. The number of sulfonamides is 1. The maximum absolute atomic E-state index is 12.6. The first-order valence-corrected chi connectivity index (χ1v) is 8.34. The second-order valence-corrected chi connectivity index (χ2v) is 7.22. The van der Waals surface area contributed by atoms with Gasteiger partial charge in [-0.2, -0.15) is 4.31 Å². The minimum Gasteiger partial charge on any atom is -0.393 e. The van der Waals surface area contributed by atoms with Crippen molar-refractivity contribution in [1.29, 1.82) is 0 Å². The van der Waals surface area contributed by atoms with Crippen molar-refractivity contribution in [2.75, 3.05) is 18.8 Å². The third kappa shape index (κ3) is 3.51. The molecule has 1 saturated carbocycles. The van der Waals surface area contributed by atoms with Crippen LogP contribution in [0, 0.1) is 16.0 Å². The second-order valence-electron chi connectivity index (χ2n) is 5.28.